The maximum absolute atomic E-state index is 6.25. The Labute approximate surface area is 180 Å². The summed E-state index contributed by atoms with van der Waals surface area (Å²) in [5.74, 6) is 0.485. The van der Waals surface area contributed by atoms with Crippen LogP contribution in [0.3, 0.4) is 0 Å². The number of morpholine rings is 1. The van der Waals surface area contributed by atoms with Crippen LogP contribution in [0.1, 0.15) is 11.1 Å². The molecule has 6 nitrogen and oxygen atoms in total. The second kappa shape index (κ2) is 8.26. The van der Waals surface area contributed by atoms with E-state index < -0.39 is 0 Å². The van der Waals surface area contributed by atoms with Crippen LogP contribution in [0.15, 0.2) is 53.7 Å². The molecule has 1 saturated heterocycles. The minimum atomic E-state index is 0.485. The molecule has 0 bridgehead atoms. The lowest BCUT2D eigenvalue weighted by Gasteiger charge is -2.26. The largest absolute Gasteiger partial charge is 0.382 e. The second-order valence-electron chi connectivity index (χ2n) is 7.60. The van der Waals surface area contributed by atoms with Gasteiger partial charge in [0.1, 0.15) is 5.52 Å². The molecule has 0 aliphatic carbocycles. The highest BCUT2D eigenvalue weighted by molar-refractivity contribution is 7.98. The Balaban J connectivity index is 1.49. The molecule has 5 rings (SSSR count). The molecule has 1 fully saturated rings. The molecule has 0 spiro atoms. The quantitative estimate of drug-likeness (QED) is 0.497. The fourth-order valence-electron chi connectivity index (χ4n) is 4.09. The maximum atomic E-state index is 6.25. The maximum Gasteiger partial charge on any atom is 0.169 e. The summed E-state index contributed by atoms with van der Waals surface area (Å²) in [7, 11) is 0. The standard InChI is InChI=1S/C23H25N5OS/c1-30-23-26-20-21(18-4-2-3-5-19(18)25-22(20)24)28(23)15-17-8-6-16(7-9-17)14-27-10-12-29-13-11-27/h2-9H,10-15H2,1H3,(H2,24,25). The Hall–Kier alpha value is -2.61. The summed E-state index contributed by atoms with van der Waals surface area (Å²) in [5, 5.41) is 2.03. The monoisotopic (exact) mass is 419 g/mol. The number of hydrogen-bond acceptors (Lipinski definition) is 6. The summed E-state index contributed by atoms with van der Waals surface area (Å²) in [6.07, 6.45) is 2.05. The third-order valence-corrected chi connectivity index (χ3v) is 6.31. The summed E-state index contributed by atoms with van der Waals surface area (Å²) in [6.45, 7) is 5.38. The molecule has 0 atom stereocenters. The average Bonchev–Trinajstić information content (AvgIpc) is 3.15. The minimum Gasteiger partial charge on any atom is -0.382 e. The Bertz CT molecular complexity index is 1180. The molecule has 0 radical (unpaired) electrons. The van der Waals surface area contributed by atoms with Crippen molar-refractivity contribution in [2.45, 2.75) is 18.2 Å². The third kappa shape index (κ3) is 3.64. The van der Waals surface area contributed by atoms with Crippen LogP contribution in [0.25, 0.3) is 21.9 Å². The Morgan fingerprint density at radius 1 is 0.967 bits per heavy atom. The number of imidazole rings is 1. The summed E-state index contributed by atoms with van der Waals surface area (Å²) >= 11 is 1.63. The number of nitrogen functional groups attached to an aromatic ring is 1. The number of rotatable bonds is 5. The second-order valence-corrected chi connectivity index (χ2v) is 8.37. The first-order valence-corrected chi connectivity index (χ1v) is 11.4. The SMILES string of the molecule is CSc1nc2c(N)nc3ccccc3c2n1Cc1ccc(CN2CCOCC2)cc1. The van der Waals surface area contributed by atoms with Gasteiger partial charge in [-0.05, 0) is 23.4 Å². The predicted octanol–water partition coefficient (Wildman–Crippen LogP) is 3.77. The van der Waals surface area contributed by atoms with E-state index in [0.717, 1.165) is 66.5 Å². The number of para-hydroxylation sites is 1. The van der Waals surface area contributed by atoms with E-state index >= 15 is 0 Å². The van der Waals surface area contributed by atoms with Crippen LogP contribution < -0.4 is 5.73 Å². The Morgan fingerprint density at radius 2 is 1.67 bits per heavy atom. The van der Waals surface area contributed by atoms with Crippen molar-refractivity contribution in [3.05, 3.63) is 59.7 Å². The molecule has 3 heterocycles. The van der Waals surface area contributed by atoms with Crippen molar-refractivity contribution in [2.75, 3.05) is 38.3 Å². The first-order valence-electron chi connectivity index (χ1n) is 10.2. The third-order valence-electron chi connectivity index (χ3n) is 5.63. The normalized spacial score (nSPS) is 15.2. The van der Waals surface area contributed by atoms with Gasteiger partial charge in [0.05, 0.1) is 30.8 Å². The van der Waals surface area contributed by atoms with Gasteiger partial charge in [-0.25, -0.2) is 9.97 Å². The van der Waals surface area contributed by atoms with E-state index in [1.54, 1.807) is 11.8 Å². The average molecular weight is 420 g/mol. The van der Waals surface area contributed by atoms with Crippen LogP contribution in [-0.2, 0) is 17.8 Å². The van der Waals surface area contributed by atoms with Crippen molar-refractivity contribution in [3.8, 4) is 0 Å². The van der Waals surface area contributed by atoms with Gasteiger partial charge in [-0.1, -0.05) is 54.2 Å². The van der Waals surface area contributed by atoms with Gasteiger partial charge in [0.2, 0.25) is 0 Å². The summed E-state index contributed by atoms with van der Waals surface area (Å²) < 4.78 is 7.71. The molecule has 2 N–H and O–H groups in total. The van der Waals surface area contributed by atoms with Crippen LogP contribution >= 0.6 is 11.8 Å². The van der Waals surface area contributed by atoms with Crippen molar-refractivity contribution in [3.63, 3.8) is 0 Å². The van der Waals surface area contributed by atoms with E-state index in [9.17, 15) is 0 Å². The lowest BCUT2D eigenvalue weighted by Crippen LogP contribution is -2.35. The molecule has 7 heteroatoms. The van der Waals surface area contributed by atoms with E-state index in [1.807, 2.05) is 18.2 Å². The molecule has 0 amide bonds. The van der Waals surface area contributed by atoms with E-state index in [2.05, 4.69) is 51.0 Å². The van der Waals surface area contributed by atoms with Crippen molar-refractivity contribution in [1.29, 1.82) is 0 Å². The fourth-order valence-corrected chi connectivity index (χ4v) is 4.65. The number of hydrogen-bond donors (Lipinski definition) is 1. The highest BCUT2D eigenvalue weighted by Gasteiger charge is 2.17. The van der Waals surface area contributed by atoms with Gasteiger partial charge < -0.3 is 15.0 Å². The highest BCUT2D eigenvalue weighted by atomic mass is 32.2. The number of benzene rings is 2. The van der Waals surface area contributed by atoms with Crippen LogP contribution in [0.2, 0.25) is 0 Å². The molecule has 2 aromatic carbocycles. The molecule has 1 aliphatic heterocycles. The lowest BCUT2D eigenvalue weighted by atomic mass is 10.1. The van der Waals surface area contributed by atoms with Crippen LogP contribution in [0.4, 0.5) is 5.82 Å². The van der Waals surface area contributed by atoms with Gasteiger partial charge in [0.15, 0.2) is 11.0 Å². The molecule has 30 heavy (non-hydrogen) atoms. The van der Waals surface area contributed by atoms with Gasteiger partial charge in [-0.15, -0.1) is 0 Å². The predicted molar refractivity (Wildman–Crippen MR) is 123 cm³/mol. The number of fused-ring (bicyclic) bond motifs is 3. The fraction of sp³-hybridized carbons (Fsp3) is 0.304. The Kier molecular flexibility index (Phi) is 5.33. The molecular weight excluding hydrogens is 394 g/mol. The molecule has 1 aliphatic rings. The van der Waals surface area contributed by atoms with Crippen molar-refractivity contribution in [1.82, 2.24) is 19.4 Å². The number of anilines is 1. The van der Waals surface area contributed by atoms with Crippen molar-refractivity contribution in [2.24, 2.45) is 0 Å². The van der Waals surface area contributed by atoms with Crippen molar-refractivity contribution < 1.29 is 4.74 Å². The van der Waals surface area contributed by atoms with Crippen LogP contribution in [0.5, 0.6) is 0 Å². The van der Waals surface area contributed by atoms with Crippen LogP contribution in [-0.4, -0.2) is 52.0 Å². The number of nitrogens with two attached hydrogens (primary N) is 1. The van der Waals surface area contributed by atoms with E-state index in [4.69, 9.17) is 15.5 Å². The molecule has 4 aromatic rings. The molecule has 154 valence electrons. The van der Waals surface area contributed by atoms with E-state index in [-0.39, 0.29) is 0 Å². The molecule has 0 saturated carbocycles. The summed E-state index contributed by atoms with van der Waals surface area (Å²) in [4.78, 5) is 11.8. The smallest absolute Gasteiger partial charge is 0.169 e. The zero-order chi connectivity index (χ0) is 20.5. The number of pyridine rings is 1. The first kappa shape index (κ1) is 19.4. The van der Waals surface area contributed by atoms with Gasteiger partial charge in [-0.3, -0.25) is 4.90 Å². The van der Waals surface area contributed by atoms with Crippen LogP contribution in [0, 0.1) is 0 Å². The molecule has 2 aromatic heterocycles. The number of ether oxygens (including phenoxy) is 1. The van der Waals surface area contributed by atoms with Gasteiger partial charge in [0.25, 0.3) is 0 Å². The summed E-state index contributed by atoms with van der Waals surface area (Å²) in [5.41, 5.74) is 11.6. The van der Waals surface area contributed by atoms with Gasteiger partial charge in [-0.2, -0.15) is 0 Å². The lowest BCUT2D eigenvalue weighted by molar-refractivity contribution is 0.0342. The highest BCUT2D eigenvalue weighted by Crippen LogP contribution is 2.32. The number of thioether (sulfide) groups is 1. The van der Waals surface area contributed by atoms with E-state index in [0.29, 0.717) is 5.82 Å². The zero-order valence-electron chi connectivity index (χ0n) is 17.0. The zero-order valence-corrected chi connectivity index (χ0v) is 17.9. The number of aromatic nitrogens is 3. The van der Waals surface area contributed by atoms with Gasteiger partial charge >= 0.3 is 0 Å². The minimum absolute atomic E-state index is 0.485. The topological polar surface area (TPSA) is 69.2 Å². The molecule has 0 unspecified atom stereocenters. The number of nitrogens with zero attached hydrogens (tertiary/aromatic N) is 4. The first-order chi connectivity index (χ1) is 14.7. The van der Waals surface area contributed by atoms with E-state index in [1.165, 1.54) is 11.1 Å². The van der Waals surface area contributed by atoms with Crippen molar-refractivity contribution >= 4 is 39.5 Å². The Morgan fingerprint density at radius 3 is 2.40 bits per heavy atom. The summed E-state index contributed by atoms with van der Waals surface area (Å²) in [6, 6.07) is 17.0. The van der Waals surface area contributed by atoms with Gasteiger partial charge in [0, 0.05) is 25.0 Å². The molecular formula is C23H25N5OS.